The maximum atomic E-state index is 13.1. The molecular weight excluding hydrogens is 235 g/mol. The number of oxazole rings is 1. The van der Waals surface area contributed by atoms with Gasteiger partial charge in [-0.25, -0.2) is 9.37 Å². The van der Waals surface area contributed by atoms with Crippen LogP contribution in [0.3, 0.4) is 0 Å². The molecule has 4 nitrogen and oxygen atoms in total. The molecule has 0 bridgehead atoms. The molecule has 0 unspecified atom stereocenters. The minimum absolute atomic E-state index is 0.102. The summed E-state index contributed by atoms with van der Waals surface area (Å²) in [7, 11) is 1.88. The first-order chi connectivity index (χ1) is 8.69. The zero-order valence-electron chi connectivity index (χ0n) is 10.1. The van der Waals surface area contributed by atoms with Gasteiger partial charge in [0.1, 0.15) is 12.1 Å². The van der Waals surface area contributed by atoms with E-state index in [4.69, 9.17) is 9.52 Å². The highest BCUT2D eigenvalue weighted by molar-refractivity contribution is 5.52. The van der Waals surface area contributed by atoms with E-state index >= 15 is 0 Å². The van der Waals surface area contributed by atoms with E-state index in [1.54, 1.807) is 18.4 Å². The Morgan fingerprint density at radius 2 is 2.28 bits per heavy atom. The van der Waals surface area contributed by atoms with Gasteiger partial charge in [0.05, 0.1) is 12.3 Å². The van der Waals surface area contributed by atoms with Crippen molar-refractivity contribution in [2.24, 2.45) is 0 Å². The third-order valence-corrected chi connectivity index (χ3v) is 2.54. The quantitative estimate of drug-likeness (QED) is 0.880. The minimum Gasteiger partial charge on any atom is -0.444 e. The molecule has 0 atom stereocenters. The summed E-state index contributed by atoms with van der Waals surface area (Å²) in [4.78, 5) is 6.21. The Morgan fingerprint density at radius 3 is 3.00 bits per heavy atom. The largest absolute Gasteiger partial charge is 0.444 e. The van der Waals surface area contributed by atoms with Gasteiger partial charge < -0.3 is 9.52 Å². The zero-order chi connectivity index (χ0) is 13.0. The summed E-state index contributed by atoms with van der Waals surface area (Å²) in [6.07, 6.45) is 1.55. The molecule has 5 heteroatoms. The van der Waals surface area contributed by atoms with Crippen molar-refractivity contribution in [1.82, 2.24) is 9.88 Å². The van der Waals surface area contributed by atoms with Gasteiger partial charge in [-0.05, 0) is 25.2 Å². The summed E-state index contributed by atoms with van der Waals surface area (Å²) >= 11 is 0. The lowest BCUT2D eigenvalue weighted by molar-refractivity contribution is 0.216. The number of rotatable bonds is 5. The SMILES string of the molecule is CN(CCO)Cc1coc(-c2cccc(F)c2)n1. The Morgan fingerprint density at radius 1 is 1.44 bits per heavy atom. The first kappa shape index (κ1) is 12.7. The van der Waals surface area contributed by atoms with Crippen molar-refractivity contribution in [2.45, 2.75) is 6.54 Å². The molecular formula is C13H15FN2O2. The number of nitrogens with zero attached hydrogens (tertiary/aromatic N) is 2. The van der Waals surface area contributed by atoms with Crippen LogP contribution < -0.4 is 0 Å². The van der Waals surface area contributed by atoms with Gasteiger partial charge in [-0.1, -0.05) is 6.07 Å². The van der Waals surface area contributed by atoms with Crippen molar-refractivity contribution in [3.8, 4) is 11.5 Å². The van der Waals surface area contributed by atoms with Gasteiger partial charge in [-0.15, -0.1) is 0 Å². The van der Waals surface area contributed by atoms with Crippen LogP contribution in [0.15, 0.2) is 34.9 Å². The fraction of sp³-hybridized carbons (Fsp3) is 0.308. The smallest absolute Gasteiger partial charge is 0.226 e. The third-order valence-electron chi connectivity index (χ3n) is 2.54. The van der Waals surface area contributed by atoms with Crippen molar-refractivity contribution >= 4 is 0 Å². The highest BCUT2D eigenvalue weighted by Crippen LogP contribution is 2.19. The first-order valence-electron chi connectivity index (χ1n) is 5.69. The number of aliphatic hydroxyl groups is 1. The average molecular weight is 250 g/mol. The molecule has 96 valence electrons. The minimum atomic E-state index is -0.315. The third kappa shape index (κ3) is 3.15. The van der Waals surface area contributed by atoms with Gasteiger partial charge in [0.25, 0.3) is 0 Å². The van der Waals surface area contributed by atoms with E-state index in [1.807, 2.05) is 11.9 Å². The van der Waals surface area contributed by atoms with Crippen LogP contribution in [0.2, 0.25) is 0 Å². The van der Waals surface area contributed by atoms with Crippen LogP contribution in [0.25, 0.3) is 11.5 Å². The summed E-state index contributed by atoms with van der Waals surface area (Å²) < 4.78 is 18.4. The highest BCUT2D eigenvalue weighted by atomic mass is 19.1. The van der Waals surface area contributed by atoms with Gasteiger partial charge in [0, 0.05) is 18.7 Å². The molecule has 2 rings (SSSR count). The molecule has 1 aromatic heterocycles. The molecule has 1 N–H and O–H groups in total. The van der Waals surface area contributed by atoms with Gasteiger partial charge >= 0.3 is 0 Å². The molecule has 1 aromatic carbocycles. The Labute approximate surface area is 105 Å². The molecule has 0 amide bonds. The van der Waals surface area contributed by atoms with E-state index < -0.39 is 0 Å². The number of hydrogen-bond donors (Lipinski definition) is 1. The predicted molar refractivity (Wildman–Crippen MR) is 65.3 cm³/mol. The van der Waals surface area contributed by atoms with E-state index in [-0.39, 0.29) is 12.4 Å². The van der Waals surface area contributed by atoms with Crippen LogP contribution in [0.4, 0.5) is 4.39 Å². The lowest BCUT2D eigenvalue weighted by Crippen LogP contribution is -2.21. The van der Waals surface area contributed by atoms with Crippen LogP contribution in [0, 0.1) is 5.82 Å². The monoisotopic (exact) mass is 250 g/mol. The number of likely N-dealkylation sites (N-methyl/N-ethyl adjacent to an activating group) is 1. The molecule has 18 heavy (non-hydrogen) atoms. The average Bonchev–Trinajstić information content (AvgIpc) is 2.78. The van der Waals surface area contributed by atoms with E-state index in [2.05, 4.69) is 4.98 Å². The molecule has 0 aliphatic carbocycles. The number of hydrogen-bond acceptors (Lipinski definition) is 4. The number of halogens is 1. The fourth-order valence-corrected chi connectivity index (χ4v) is 1.66. The van der Waals surface area contributed by atoms with Crippen molar-refractivity contribution in [1.29, 1.82) is 0 Å². The molecule has 0 saturated carbocycles. The van der Waals surface area contributed by atoms with Crippen molar-refractivity contribution < 1.29 is 13.9 Å². The van der Waals surface area contributed by atoms with E-state index in [0.29, 0.717) is 24.5 Å². The normalized spacial score (nSPS) is 11.1. The summed E-state index contributed by atoms with van der Waals surface area (Å²) in [5, 5.41) is 8.80. The summed E-state index contributed by atoms with van der Waals surface area (Å²) in [6.45, 7) is 1.26. The number of aromatic nitrogens is 1. The van der Waals surface area contributed by atoms with E-state index in [0.717, 1.165) is 5.69 Å². The zero-order valence-corrected chi connectivity index (χ0v) is 10.1. The van der Waals surface area contributed by atoms with Crippen LogP contribution >= 0.6 is 0 Å². The van der Waals surface area contributed by atoms with E-state index in [9.17, 15) is 4.39 Å². The van der Waals surface area contributed by atoms with Crippen LogP contribution in [-0.2, 0) is 6.54 Å². The molecule has 1 heterocycles. The number of aliphatic hydroxyl groups excluding tert-OH is 1. The second kappa shape index (κ2) is 5.75. The Hall–Kier alpha value is -1.72. The molecule has 0 aliphatic rings. The van der Waals surface area contributed by atoms with Crippen molar-refractivity contribution in [3.05, 3.63) is 42.0 Å². The number of benzene rings is 1. The molecule has 0 saturated heterocycles. The van der Waals surface area contributed by atoms with Gasteiger partial charge in [0.15, 0.2) is 0 Å². The van der Waals surface area contributed by atoms with E-state index in [1.165, 1.54) is 12.1 Å². The summed E-state index contributed by atoms with van der Waals surface area (Å²) in [5.41, 5.74) is 1.37. The van der Waals surface area contributed by atoms with Crippen molar-refractivity contribution in [3.63, 3.8) is 0 Å². The Bertz CT molecular complexity index is 513. The predicted octanol–water partition coefficient (Wildman–Crippen LogP) is 1.90. The first-order valence-corrected chi connectivity index (χ1v) is 5.69. The highest BCUT2D eigenvalue weighted by Gasteiger charge is 2.09. The Balaban J connectivity index is 2.10. The molecule has 0 fully saturated rings. The van der Waals surface area contributed by atoms with Gasteiger partial charge in [0.2, 0.25) is 5.89 Å². The lowest BCUT2D eigenvalue weighted by atomic mass is 10.2. The molecule has 0 radical (unpaired) electrons. The summed E-state index contributed by atoms with van der Waals surface area (Å²) in [6, 6.07) is 6.12. The summed E-state index contributed by atoms with van der Waals surface area (Å²) in [5.74, 6) is 0.0894. The van der Waals surface area contributed by atoms with Gasteiger partial charge in [-0.2, -0.15) is 0 Å². The van der Waals surface area contributed by atoms with Crippen LogP contribution in [-0.4, -0.2) is 35.2 Å². The lowest BCUT2D eigenvalue weighted by Gasteiger charge is -2.11. The van der Waals surface area contributed by atoms with Crippen LogP contribution in [0.1, 0.15) is 5.69 Å². The second-order valence-electron chi connectivity index (χ2n) is 4.12. The van der Waals surface area contributed by atoms with Crippen molar-refractivity contribution in [2.75, 3.05) is 20.2 Å². The Kier molecular flexibility index (Phi) is 4.07. The second-order valence-corrected chi connectivity index (χ2v) is 4.12. The molecule has 0 spiro atoms. The molecule has 2 aromatic rings. The topological polar surface area (TPSA) is 49.5 Å². The standard InChI is InChI=1S/C13H15FN2O2/c1-16(5-6-17)8-12-9-18-13(15-12)10-3-2-4-11(14)7-10/h2-4,7,9,17H,5-6,8H2,1H3. The molecule has 0 aliphatic heterocycles. The van der Waals surface area contributed by atoms with Gasteiger partial charge in [-0.3, -0.25) is 4.90 Å². The maximum Gasteiger partial charge on any atom is 0.226 e. The fourth-order valence-electron chi connectivity index (χ4n) is 1.66. The maximum absolute atomic E-state index is 13.1. The van der Waals surface area contributed by atoms with Crippen LogP contribution in [0.5, 0.6) is 0 Å².